The first-order valence-corrected chi connectivity index (χ1v) is 10.2. The van der Waals surface area contributed by atoms with Crippen molar-refractivity contribution in [3.8, 4) is 0 Å². The summed E-state index contributed by atoms with van der Waals surface area (Å²) in [6.07, 6.45) is 7.85. The average molecular weight is 401 g/mol. The van der Waals surface area contributed by atoms with E-state index in [0.29, 0.717) is 0 Å². The largest absolute Gasteiger partial charge is 0.348 e. The van der Waals surface area contributed by atoms with Gasteiger partial charge in [0.2, 0.25) is 0 Å². The van der Waals surface area contributed by atoms with Gasteiger partial charge in [0.1, 0.15) is 0 Å². The molecule has 1 atom stereocenters. The molecule has 4 rings (SSSR count). The summed E-state index contributed by atoms with van der Waals surface area (Å²) in [5, 5.41) is 5.38. The number of hydrogen-bond acceptors (Lipinski definition) is 2. The minimum Gasteiger partial charge on any atom is -0.348 e. The minimum absolute atomic E-state index is 0.0548. The monoisotopic (exact) mass is 400 g/mol. The van der Waals surface area contributed by atoms with Crippen molar-refractivity contribution >= 4 is 32.6 Å². The fraction of sp³-hybridized carbons (Fsp3) is 0.476. The number of carbonyl (C=O) groups is 1. The Morgan fingerprint density at radius 1 is 1.00 bits per heavy atom. The van der Waals surface area contributed by atoms with E-state index in [2.05, 4.69) is 32.2 Å². The Labute approximate surface area is 157 Å². The number of likely N-dealkylation sites (tertiary alicyclic amines) is 1. The van der Waals surface area contributed by atoms with E-state index in [1.165, 1.54) is 32.1 Å². The van der Waals surface area contributed by atoms with Crippen molar-refractivity contribution in [1.29, 1.82) is 0 Å². The molecule has 3 nitrogen and oxygen atoms in total. The number of amides is 1. The van der Waals surface area contributed by atoms with Crippen LogP contribution < -0.4 is 5.32 Å². The van der Waals surface area contributed by atoms with Crippen molar-refractivity contribution in [3.63, 3.8) is 0 Å². The summed E-state index contributed by atoms with van der Waals surface area (Å²) in [4.78, 5) is 15.5. The van der Waals surface area contributed by atoms with Gasteiger partial charge >= 0.3 is 0 Å². The third-order valence-electron chi connectivity index (χ3n) is 5.76. The molecule has 2 aromatic carbocycles. The summed E-state index contributed by atoms with van der Waals surface area (Å²) < 4.78 is 1.03. The van der Waals surface area contributed by atoms with Crippen molar-refractivity contribution in [1.82, 2.24) is 10.2 Å². The summed E-state index contributed by atoms with van der Waals surface area (Å²) in [7, 11) is 0. The second kappa shape index (κ2) is 7.46. The van der Waals surface area contributed by atoms with Crippen LogP contribution in [0, 0.1) is 0 Å². The van der Waals surface area contributed by atoms with Crippen molar-refractivity contribution in [2.45, 2.75) is 50.6 Å². The fourth-order valence-corrected chi connectivity index (χ4v) is 4.88. The molecule has 0 bridgehead atoms. The van der Waals surface area contributed by atoms with E-state index < -0.39 is 0 Å². The van der Waals surface area contributed by atoms with Crippen LogP contribution in [0.1, 0.15) is 48.9 Å². The number of fused-ring (bicyclic) bond motifs is 1. The Kier molecular flexibility index (Phi) is 5.09. The first kappa shape index (κ1) is 17.0. The van der Waals surface area contributed by atoms with Crippen LogP contribution in [0.5, 0.6) is 0 Å². The lowest BCUT2D eigenvalue weighted by Crippen LogP contribution is -2.40. The van der Waals surface area contributed by atoms with E-state index >= 15 is 0 Å². The summed E-state index contributed by atoms with van der Waals surface area (Å²) >= 11 is 3.58. The Bertz CT molecular complexity index is 770. The van der Waals surface area contributed by atoms with Crippen molar-refractivity contribution in [2.24, 2.45) is 0 Å². The lowest BCUT2D eigenvalue weighted by Gasteiger charge is -2.31. The Balaban J connectivity index is 1.45. The van der Waals surface area contributed by atoms with Crippen LogP contribution in [0.25, 0.3) is 10.8 Å². The maximum Gasteiger partial charge on any atom is 0.252 e. The van der Waals surface area contributed by atoms with E-state index in [-0.39, 0.29) is 11.9 Å². The molecule has 1 aliphatic carbocycles. The van der Waals surface area contributed by atoms with Crippen LogP contribution in [-0.2, 0) is 0 Å². The zero-order valence-corrected chi connectivity index (χ0v) is 16.1. The molecule has 25 heavy (non-hydrogen) atoms. The molecule has 2 fully saturated rings. The van der Waals surface area contributed by atoms with Crippen molar-refractivity contribution in [2.75, 3.05) is 13.1 Å². The normalized spacial score (nSPS) is 22.4. The molecule has 1 saturated carbocycles. The van der Waals surface area contributed by atoms with Crippen LogP contribution in [-0.4, -0.2) is 36.0 Å². The molecule has 0 radical (unpaired) electrons. The van der Waals surface area contributed by atoms with Gasteiger partial charge in [-0.1, -0.05) is 59.5 Å². The molecular formula is C21H25BrN2O. The van der Waals surface area contributed by atoms with Gasteiger partial charge in [0, 0.05) is 35.2 Å². The number of carbonyl (C=O) groups excluding carboxylic acids is 1. The molecule has 132 valence electrons. The van der Waals surface area contributed by atoms with E-state index in [4.69, 9.17) is 0 Å². The first-order chi connectivity index (χ1) is 12.2. The summed E-state index contributed by atoms with van der Waals surface area (Å²) in [5.74, 6) is 0.0548. The highest BCUT2D eigenvalue weighted by Gasteiger charge is 2.30. The SMILES string of the molecule is O=C(NC1CCN(C2CCCCC2)C1)c1ccc(Br)c2ccccc12. The molecule has 1 heterocycles. The number of nitrogens with zero attached hydrogens (tertiary/aromatic N) is 1. The second-order valence-electron chi connectivity index (χ2n) is 7.39. The smallest absolute Gasteiger partial charge is 0.252 e. The predicted molar refractivity (Wildman–Crippen MR) is 106 cm³/mol. The van der Waals surface area contributed by atoms with Gasteiger partial charge in [-0.15, -0.1) is 0 Å². The zero-order valence-electron chi connectivity index (χ0n) is 14.5. The third kappa shape index (κ3) is 3.61. The van der Waals surface area contributed by atoms with E-state index in [0.717, 1.165) is 46.4 Å². The maximum absolute atomic E-state index is 12.9. The van der Waals surface area contributed by atoms with Gasteiger partial charge < -0.3 is 5.32 Å². The Morgan fingerprint density at radius 3 is 2.56 bits per heavy atom. The molecule has 0 aromatic heterocycles. The molecule has 2 aliphatic rings. The number of hydrogen-bond donors (Lipinski definition) is 1. The van der Waals surface area contributed by atoms with E-state index in [1.807, 2.05) is 30.3 Å². The summed E-state index contributed by atoms with van der Waals surface area (Å²) in [6, 6.07) is 13.0. The van der Waals surface area contributed by atoms with E-state index in [1.54, 1.807) is 0 Å². The second-order valence-corrected chi connectivity index (χ2v) is 8.24. The molecule has 1 saturated heterocycles. The molecule has 4 heteroatoms. The Hall–Kier alpha value is -1.39. The van der Waals surface area contributed by atoms with Crippen LogP contribution >= 0.6 is 15.9 Å². The standard InChI is InChI=1S/C21H25BrN2O/c22-20-11-10-19(17-8-4-5-9-18(17)20)21(25)23-15-12-13-24(14-15)16-6-2-1-3-7-16/h4-5,8-11,15-16H,1-3,6-7,12-14H2,(H,23,25). The van der Waals surface area contributed by atoms with Gasteiger partial charge in [0.05, 0.1) is 0 Å². The van der Waals surface area contributed by atoms with Gasteiger partial charge in [-0.25, -0.2) is 0 Å². The van der Waals surface area contributed by atoms with Gasteiger partial charge in [0.15, 0.2) is 0 Å². The summed E-state index contributed by atoms with van der Waals surface area (Å²) in [6.45, 7) is 2.13. The van der Waals surface area contributed by atoms with Crippen LogP contribution in [0.2, 0.25) is 0 Å². The number of rotatable bonds is 3. The molecule has 1 unspecified atom stereocenters. The number of benzene rings is 2. The molecule has 1 amide bonds. The van der Waals surface area contributed by atoms with Gasteiger partial charge in [-0.3, -0.25) is 9.69 Å². The van der Waals surface area contributed by atoms with Gasteiger partial charge in [-0.05, 0) is 42.2 Å². The van der Waals surface area contributed by atoms with Gasteiger partial charge in [0.25, 0.3) is 5.91 Å². The van der Waals surface area contributed by atoms with E-state index in [9.17, 15) is 4.79 Å². The van der Waals surface area contributed by atoms with Crippen LogP contribution in [0.3, 0.4) is 0 Å². The topological polar surface area (TPSA) is 32.3 Å². The zero-order chi connectivity index (χ0) is 17.2. The number of nitrogens with one attached hydrogen (secondary N) is 1. The minimum atomic E-state index is 0.0548. The molecule has 1 N–H and O–H groups in total. The maximum atomic E-state index is 12.9. The Morgan fingerprint density at radius 2 is 1.76 bits per heavy atom. The fourth-order valence-electron chi connectivity index (χ4n) is 4.41. The summed E-state index contributed by atoms with van der Waals surface area (Å²) in [5.41, 5.74) is 0.773. The lowest BCUT2D eigenvalue weighted by molar-refractivity contribution is 0.0936. The van der Waals surface area contributed by atoms with Crippen molar-refractivity contribution < 1.29 is 4.79 Å². The number of halogens is 1. The molecule has 0 spiro atoms. The highest BCUT2D eigenvalue weighted by Crippen LogP contribution is 2.28. The third-order valence-corrected chi connectivity index (χ3v) is 6.45. The quantitative estimate of drug-likeness (QED) is 0.806. The molecular weight excluding hydrogens is 376 g/mol. The average Bonchev–Trinajstić information content (AvgIpc) is 3.11. The van der Waals surface area contributed by atoms with Crippen LogP contribution in [0.4, 0.5) is 0 Å². The highest BCUT2D eigenvalue weighted by atomic mass is 79.9. The van der Waals surface area contributed by atoms with Crippen LogP contribution in [0.15, 0.2) is 40.9 Å². The molecule has 2 aromatic rings. The molecule has 1 aliphatic heterocycles. The predicted octanol–water partition coefficient (Wildman–Crippen LogP) is 4.74. The first-order valence-electron chi connectivity index (χ1n) is 9.44. The van der Waals surface area contributed by atoms with Crippen molar-refractivity contribution in [3.05, 3.63) is 46.4 Å². The van der Waals surface area contributed by atoms with Gasteiger partial charge in [-0.2, -0.15) is 0 Å². The lowest BCUT2D eigenvalue weighted by atomic mass is 9.94. The highest BCUT2D eigenvalue weighted by molar-refractivity contribution is 9.10.